The highest BCUT2D eigenvalue weighted by Gasteiger charge is 1.99. The van der Waals surface area contributed by atoms with Crippen LogP contribution in [0.2, 0.25) is 0 Å². The lowest BCUT2D eigenvalue weighted by Crippen LogP contribution is -2.05. The normalized spacial score (nSPS) is 9.94. The average molecular weight is 247 g/mol. The summed E-state index contributed by atoms with van der Waals surface area (Å²) >= 11 is 4.13. The van der Waals surface area contributed by atoms with Crippen LogP contribution in [0.25, 0.3) is 0 Å². The largest absolute Gasteiger partial charge is 0.369 e. The second-order valence-corrected chi connectivity index (χ2v) is 3.73. The van der Waals surface area contributed by atoms with Gasteiger partial charge >= 0.3 is 0 Å². The van der Waals surface area contributed by atoms with Crippen LogP contribution in [0.4, 0.5) is 17.5 Å². The predicted molar refractivity (Wildman–Crippen MR) is 71.9 cm³/mol. The molecule has 0 aliphatic carbocycles. The molecule has 2 aromatic heterocycles. The second kappa shape index (κ2) is 6.05. The maximum absolute atomic E-state index is 4.16. The Kier molecular flexibility index (Phi) is 4.15. The minimum atomic E-state index is 0.709. The van der Waals surface area contributed by atoms with Gasteiger partial charge in [-0.05, 0) is 12.1 Å². The monoisotopic (exact) mass is 247 g/mol. The van der Waals surface area contributed by atoms with Crippen molar-refractivity contribution in [2.24, 2.45) is 0 Å². The number of nitrogens with zero attached hydrogens (tertiary/aromatic N) is 3. The van der Waals surface area contributed by atoms with Gasteiger partial charge in [0, 0.05) is 24.6 Å². The average Bonchev–Trinajstić information content (AvgIpc) is 2.38. The summed E-state index contributed by atoms with van der Waals surface area (Å²) in [5.74, 6) is 2.99. The van der Waals surface area contributed by atoms with E-state index in [1.54, 1.807) is 6.20 Å². The second-order valence-electron chi connectivity index (χ2n) is 3.28. The zero-order valence-corrected chi connectivity index (χ0v) is 10.1. The fourth-order valence-electron chi connectivity index (χ4n) is 1.27. The highest BCUT2D eigenvalue weighted by atomic mass is 32.1. The van der Waals surface area contributed by atoms with Gasteiger partial charge in [-0.15, -0.1) is 0 Å². The molecule has 0 aliphatic heterocycles. The van der Waals surface area contributed by atoms with E-state index in [2.05, 4.69) is 38.2 Å². The first kappa shape index (κ1) is 11.7. The van der Waals surface area contributed by atoms with E-state index in [0.29, 0.717) is 5.82 Å². The number of thiol groups is 1. The Morgan fingerprint density at radius 2 is 1.94 bits per heavy atom. The maximum atomic E-state index is 4.16. The van der Waals surface area contributed by atoms with Crippen LogP contribution in [0.1, 0.15) is 0 Å². The molecule has 0 amide bonds. The summed E-state index contributed by atoms with van der Waals surface area (Å²) < 4.78 is 0. The fourth-order valence-corrected chi connectivity index (χ4v) is 1.39. The SMILES string of the molecule is SCCNc1cc(Nc2ccccn2)ncn1. The minimum Gasteiger partial charge on any atom is -0.369 e. The van der Waals surface area contributed by atoms with Gasteiger partial charge in [-0.25, -0.2) is 15.0 Å². The number of hydrogen-bond acceptors (Lipinski definition) is 6. The van der Waals surface area contributed by atoms with Crippen molar-refractivity contribution in [1.82, 2.24) is 15.0 Å². The van der Waals surface area contributed by atoms with Gasteiger partial charge in [0.05, 0.1) is 0 Å². The Bertz CT molecular complexity index is 462. The van der Waals surface area contributed by atoms with Crippen molar-refractivity contribution in [2.45, 2.75) is 0 Å². The van der Waals surface area contributed by atoms with Crippen molar-refractivity contribution in [1.29, 1.82) is 0 Å². The quantitative estimate of drug-likeness (QED) is 0.705. The molecule has 0 atom stereocenters. The van der Waals surface area contributed by atoms with Crippen LogP contribution >= 0.6 is 12.6 Å². The Labute approximate surface area is 105 Å². The van der Waals surface area contributed by atoms with E-state index < -0.39 is 0 Å². The van der Waals surface area contributed by atoms with Crippen LogP contribution in [0.5, 0.6) is 0 Å². The molecular formula is C11H13N5S. The van der Waals surface area contributed by atoms with Gasteiger partial charge in [-0.1, -0.05) is 6.07 Å². The van der Waals surface area contributed by atoms with E-state index in [0.717, 1.165) is 23.9 Å². The van der Waals surface area contributed by atoms with E-state index in [1.807, 2.05) is 24.3 Å². The van der Waals surface area contributed by atoms with Crippen molar-refractivity contribution in [3.8, 4) is 0 Å². The molecule has 17 heavy (non-hydrogen) atoms. The van der Waals surface area contributed by atoms with Crippen molar-refractivity contribution < 1.29 is 0 Å². The lowest BCUT2D eigenvalue weighted by atomic mass is 10.4. The third kappa shape index (κ3) is 3.60. The van der Waals surface area contributed by atoms with Crippen molar-refractivity contribution in [3.05, 3.63) is 36.8 Å². The van der Waals surface area contributed by atoms with Crippen molar-refractivity contribution >= 4 is 30.1 Å². The zero-order chi connectivity index (χ0) is 11.9. The Hall–Kier alpha value is -1.82. The molecular weight excluding hydrogens is 234 g/mol. The number of nitrogens with one attached hydrogen (secondary N) is 2. The summed E-state index contributed by atoms with van der Waals surface area (Å²) in [7, 11) is 0. The number of anilines is 3. The summed E-state index contributed by atoms with van der Waals surface area (Å²) in [5.41, 5.74) is 0. The molecule has 0 bridgehead atoms. The third-order valence-electron chi connectivity index (χ3n) is 2.01. The third-order valence-corrected chi connectivity index (χ3v) is 2.23. The first-order valence-electron chi connectivity index (χ1n) is 5.23. The van der Waals surface area contributed by atoms with E-state index in [9.17, 15) is 0 Å². The van der Waals surface area contributed by atoms with Gasteiger partial charge < -0.3 is 10.6 Å². The molecule has 6 heteroatoms. The first-order valence-corrected chi connectivity index (χ1v) is 5.86. The lowest BCUT2D eigenvalue weighted by molar-refractivity contribution is 1.11. The van der Waals surface area contributed by atoms with E-state index in [-0.39, 0.29) is 0 Å². The lowest BCUT2D eigenvalue weighted by Gasteiger charge is -2.06. The number of pyridine rings is 1. The molecule has 88 valence electrons. The van der Waals surface area contributed by atoms with E-state index >= 15 is 0 Å². The van der Waals surface area contributed by atoms with Gasteiger partial charge in [-0.3, -0.25) is 0 Å². The summed E-state index contributed by atoms with van der Waals surface area (Å²) in [6, 6.07) is 7.49. The Morgan fingerprint density at radius 1 is 1.06 bits per heavy atom. The Morgan fingerprint density at radius 3 is 2.71 bits per heavy atom. The van der Waals surface area contributed by atoms with Crippen LogP contribution in [0.15, 0.2) is 36.8 Å². The number of hydrogen-bond donors (Lipinski definition) is 3. The number of rotatable bonds is 5. The molecule has 2 rings (SSSR count). The first-order chi connectivity index (χ1) is 8.38. The van der Waals surface area contributed by atoms with Gasteiger partial charge in [0.15, 0.2) is 0 Å². The molecule has 2 heterocycles. The smallest absolute Gasteiger partial charge is 0.137 e. The summed E-state index contributed by atoms with van der Waals surface area (Å²) in [6.45, 7) is 0.767. The topological polar surface area (TPSA) is 62.7 Å². The van der Waals surface area contributed by atoms with Crippen LogP contribution in [-0.4, -0.2) is 27.2 Å². The van der Waals surface area contributed by atoms with Gasteiger partial charge in [-0.2, -0.15) is 12.6 Å². The van der Waals surface area contributed by atoms with E-state index in [1.165, 1.54) is 6.33 Å². The van der Waals surface area contributed by atoms with Crippen LogP contribution in [-0.2, 0) is 0 Å². The fraction of sp³-hybridized carbons (Fsp3) is 0.182. The maximum Gasteiger partial charge on any atom is 0.137 e. The minimum absolute atomic E-state index is 0.709. The Balaban J connectivity index is 2.06. The van der Waals surface area contributed by atoms with E-state index in [4.69, 9.17) is 0 Å². The molecule has 0 aromatic carbocycles. The van der Waals surface area contributed by atoms with Gasteiger partial charge in [0.1, 0.15) is 23.8 Å². The summed E-state index contributed by atoms with van der Waals surface area (Å²) in [5, 5.41) is 6.23. The molecule has 0 aliphatic rings. The van der Waals surface area contributed by atoms with Gasteiger partial charge in [0.25, 0.3) is 0 Å². The molecule has 0 saturated heterocycles. The molecule has 0 fully saturated rings. The standard InChI is InChI=1S/C11H13N5S/c17-6-5-13-10-7-11(15-8-14-10)16-9-3-1-2-4-12-9/h1-4,7-8,17H,5-6H2,(H2,12,13,14,15,16). The van der Waals surface area contributed by atoms with Gasteiger partial charge in [0.2, 0.25) is 0 Å². The highest BCUT2D eigenvalue weighted by Crippen LogP contribution is 2.13. The zero-order valence-electron chi connectivity index (χ0n) is 9.17. The van der Waals surface area contributed by atoms with Crippen LogP contribution < -0.4 is 10.6 Å². The van der Waals surface area contributed by atoms with Crippen LogP contribution in [0, 0.1) is 0 Å². The molecule has 5 nitrogen and oxygen atoms in total. The summed E-state index contributed by atoms with van der Waals surface area (Å²) in [4.78, 5) is 12.4. The predicted octanol–water partition coefficient (Wildman–Crippen LogP) is 1.96. The molecule has 2 N–H and O–H groups in total. The molecule has 0 unspecified atom stereocenters. The molecule has 0 spiro atoms. The van der Waals surface area contributed by atoms with Crippen LogP contribution in [0.3, 0.4) is 0 Å². The highest BCUT2D eigenvalue weighted by molar-refractivity contribution is 7.80. The van der Waals surface area contributed by atoms with Crippen molar-refractivity contribution in [3.63, 3.8) is 0 Å². The van der Waals surface area contributed by atoms with Crippen molar-refractivity contribution in [2.75, 3.05) is 22.9 Å². The molecule has 0 radical (unpaired) electrons. The number of aromatic nitrogens is 3. The summed E-state index contributed by atoms with van der Waals surface area (Å²) in [6.07, 6.45) is 3.23. The molecule has 0 saturated carbocycles. The molecule has 2 aromatic rings.